The molecular formula is C41H57N11O7. The first kappa shape index (κ1) is 45.5. The summed E-state index contributed by atoms with van der Waals surface area (Å²) in [6.07, 6.45) is 4.09. The van der Waals surface area contributed by atoms with E-state index in [1.165, 1.54) is 23.5 Å². The van der Waals surface area contributed by atoms with Crippen molar-refractivity contribution in [1.29, 1.82) is 0 Å². The molecule has 2 aromatic heterocycles. The van der Waals surface area contributed by atoms with Crippen LogP contribution in [0.25, 0.3) is 0 Å². The summed E-state index contributed by atoms with van der Waals surface area (Å²) >= 11 is 0. The van der Waals surface area contributed by atoms with E-state index in [1.54, 1.807) is 18.9 Å². The molecule has 0 fully saturated rings. The summed E-state index contributed by atoms with van der Waals surface area (Å²) in [6.45, 7) is 11.7. The van der Waals surface area contributed by atoms with Gasteiger partial charge in [-0.3, -0.25) is 19.8 Å². The Labute approximate surface area is 344 Å². The molecule has 0 radical (unpaired) electrons. The topological polar surface area (TPSA) is 219 Å². The first-order valence-corrected chi connectivity index (χ1v) is 19.9. The minimum Gasteiger partial charge on any atom is -0.445 e. The van der Waals surface area contributed by atoms with E-state index < -0.39 is 47.9 Å². The van der Waals surface area contributed by atoms with Crippen molar-refractivity contribution in [1.82, 2.24) is 56.3 Å². The number of hydrazine groups is 1. The largest absolute Gasteiger partial charge is 0.445 e. The van der Waals surface area contributed by atoms with E-state index in [1.807, 2.05) is 88.4 Å². The van der Waals surface area contributed by atoms with Crippen LogP contribution in [0.15, 0.2) is 79.5 Å². The molecule has 2 aromatic carbocycles. The average Bonchev–Trinajstić information content (AvgIpc) is 3.93. The van der Waals surface area contributed by atoms with Crippen LogP contribution in [-0.4, -0.2) is 101 Å². The highest BCUT2D eigenvalue weighted by Gasteiger charge is 2.38. The van der Waals surface area contributed by atoms with E-state index in [4.69, 9.17) is 9.57 Å². The summed E-state index contributed by atoms with van der Waals surface area (Å²) in [6, 6.07) is 15.8. The van der Waals surface area contributed by atoms with Gasteiger partial charge in [-0.2, -0.15) is 5.06 Å². The SMILES string of the molecule is CC(C)CN(C[C@H](CCc1ccccc1)N(OC(=O)Cc1cnc[nH]1)C(=O)[C@@H](NC(=O)OCc1ccccc1)C(C)C)NC(=O)[C@@H](NC(=O)CCn1cnnn1)C(C)C. The van der Waals surface area contributed by atoms with Gasteiger partial charge in [-0.25, -0.2) is 24.3 Å². The highest BCUT2D eigenvalue weighted by Crippen LogP contribution is 2.19. The summed E-state index contributed by atoms with van der Waals surface area (Å²) in [7, 11) is 0. The molecule has 4 aromatic rings. The van der Waals surface area contributed by atoms with Crippen LogP contribution in [0.5, 0.6) is 0 Å². The molecule has 0 aliphatic heterocycles. The molecular weight excluding hydrogens is 759 g/mol. The maximum atomic E-state index is 14.8. The fourth-order valence-electron chi connectivity index (χ4n) is 6.15. The zero-order chi connectivity index (χ0) is 42.7. The van der Waals surface area contributed by atoms with Gasteiger partial charge in [0.05, 0.1) is 25.3 Å². The van der Waals surface area contributed by atoms with Gasteiger partial charge in [-0.15, -0.1) is 5.10 Å². The van der Waals surface area contributed by atoms with E-state index in [0.29, 0.717) is 25.1 Å². The maximum Gasteiger partial charge on any atom is 0.408 e. The molecule has 18 heteroatoms. The Balaban J connectivity index is 1.63. The molecule has 2 heterocycles. The fourth-order valence-corrected chi connectivity index (χ4v) is 6.15. The van der Waals surface area contributed by atoms with Gasteiger partial charge >= 0.3 is 12.1 Å². The molecule has 4 rings (SSSR count). The molecule has 0 saturated heterocycles. The number of aromatic amines is 1. The number of H-pyrrole nitrogens is 1. The third kappa shape index (κ3) is 15.6. The second-order valence-corrected chi connectivity index (χ2v) is 15.4. The van der Waals surface area contributed by atoms with Crippen LogP contribution in [0.1, 0.15) is 71.2 Å². The van der Waals surface area contributed by atoms with Gasteiger partial charge in [-0.1, -0.05) is 102 Å². The van der Waals surface area contributed by atoms with Gasteiger partial charge in [0.1, 0.15) is 25.0 Å². The van der Waals surface area contributed by atoms with Gasteiger partial charge in [0.25, 0.3) is 11.8 Å². The van der Waals surface area contributed by atoms with E-state index in [-0.39, 0.29) is 50.3 Å². The molecule has 0 bridgehead atoms. The Bertz CT molecular complexity index is 1880. The van der Waals surface area contributed by atoms with E-state index in [2.05, 4.69) is 41.6 Å². The second-order valence-electron chi connectivity index (χ2n) is 15.4. The van der Waals surface area contributed by atoms with Crippen molar-refractivity contribution >= 4 is 29.8 Å². The molecule has 4 N–H and O–H groups in total. The van der Waals surface area contributed by atoms with Gasteiger partial charge in [0, 0.05) is 31.4 Å². The van der Waals surface area contributed by atoms with E-state index in [0.717, 1.165) is 16.2 Å². The van der Waals surface area contributed by atoms with Crippen LogP contribution in [0.3, 0.4) is 0 Å². The third-order valence-corrected chi connectivity index (χ3v) is 9.18. The lowest BCUT2D eigenvalue weighted by Crippen LogP contribution is -2.60. The second kappa shape index (κ2) is 23.3. The van der Waals surface area contributed by atoms with Crippen LogP contribution < -0.4 is 16.1 Å². The van der Waals surface area contributed by atoms with E-state index in [9.17, 15) is 24.0 Å². The number of carbonyl (C=O) groups is 5. The fraction of sp³-hybridized carbons (Fsp3) is 0.488. The van der Waals surface area contributed by atoms with Crippen molar-refractivity contribution < 1.29 is 33.5 Å². The van der Waals surface area contributed by atoms with Gasteiger partial charge in [0.2, 0.25) is 5.91 Å². The van der Waals surface area contributed by atoms with Crippen LogP contribution >= 0.6 is 0 Å². The number of nitrogens with one attached hydrogen (secondary N) is 4. The van der Waals surface area contributed by atoms with Crippen LogP contribution in [0, 0.1) is 17.8 Å². The molecule has 0 aliphatic carbocycles. The normalized spacial score (nSPS) is 12.8. The molecule has 18 nitrogen and oxygen atoms in total. The Morgan fingerprint density at radius 3 is 2.12 bits per heavy atom. The number of imidazole rings is 1. The Morgan fingerprint density at radius 1 is 0.847 bits per heavy atom. The number of aryl methyl sites for hydroxylation is 2. The van der Waals surface area contributed by atoms with Crippen molar-refractivity contribution in [2.45, 2.75) is 98.5 Å². The van der Waals surface area contributed by atoms with Crippen molar-refractivity contribution in [3.05, 3.63) is 96.3 Å². The Morgan fingerprint density at radius 2 is 1.53 bits per heavy atom. The molecule has 59 heavy (non-hydrogen) atoms. The molecule has 3 atom stereocenters. The molecule has 0 saturated carbocycles. The standard InChI is InChI=1S/C41H57N11O7/c1-28(2)23-51(47-39(55)37(29(3)4)45-35(53)19-20-50-27-44-48-49-50)24-34(18-17-31-13-9-7-10-14-31)52(59-36(54)21-33-22-42-26-43-33)40(56)38(30(5)6)46-41(57)58-25-32-15-11-8-12-16-32/h7-16,22,26-30,34,37-38H,17-21,23-25H2,1-6H3,(H,42,43)(H,45,53)(H,46,57)(H,47,55)/t34-,37-,38-/m0/s1. The quantitative estimate of drug-likeness (QED) is 0.0840. The number of hydroxylamine groups is 2. The predicted octanol–water partition coefficient (Wildman–Crippen LogP) is 3.40. The maximum absolute atomic E-state index is 14.8. The molecule has 0 spiro atoms. The number of hydrogen-bond acceptors (Lipinski definition) is 12. The molecule has 0 aliphatic rings. The highest BCUT2D eigenvalue weighted by molar-refractivity contribution is 5.88. The van der Waals surface area contributed by atoms with Crippen LogP contribution in [0.2, 0.25) is 0 Å². The highest BCUT2D eigenvalue weighted by atomic mass is 16.7. The number of tetrazole rings is 1. The van der Waals surface area contributed by atoms with Crippen molar-refractivity contribution in [3.63, 3.8) is 0 Å². The summed E-state index contributed by atoms with van der Waals surface area (Å²) in [5, 5.41) is 19.2. The lowest BCUT2D eigenvalue weighted by Gasteiger charge is -2.37. The summed E-state index contributed by atoms with van der Waals surface area (Å²) in [5.74, 6) is -2.97. The Hall–Kier alpha value is -6.17. The smallest absolute Gasteiger partial charge is 0.408 e. The summed E-state index contributed by atoms with van der Waals surface area (Å²) in [5.41, 5.74) is 5.20. The number of carbonyl (C=O) groups excluding carboxylic acids is 5. The zero-order valence-electron chi connectivity index (χ0n) is 34.6. The average molecular weight is 816 g/mol. The van der Waals surface area contributed by atoms with Crippen molar-refractivity contribution in [2.75, 3.05) is 13.1 Å². The zero-order valence-corrected chi connectivity index (χ0v) is 34.6. The molecule has 318 valence electrons. The first-order chi connectivity index (χ1) is 28.3. The minimum absolute atomic E-state index is 0.0150. The lowest BCUT2D eigenvalue weighted by atomic mass is 10.0. The van der Waals surface area contributed by atoms with Crippen LogP contribution in [-0.2, 0) is 54.7 Å². The Kier molecular flexibility index (Phi) is 18.0. The number of alkyl carbamates (subject to hydrolysis) is 1. The minimum atomic E-state index is -1.17. The van der Waals surface area contributed by atoms with Gasteiger partial charge < -0.3 is 25.2 Å². The van der Waals surface area contributed by atoms with Crippen molar-refractivity contribution in [3.8, 4) is 0 Å². The number of ether oxygens (including phenoxy) is 1. The number of amides is 4. The van der Waals surface area contributed by atoms with Crippen LogP contribution in [0.4, 0.5) is 4.79 Å². The monoisotopic (exact) mass is 815 g/mol. The summed E-state index contributed by atoms with van der Waals surface area (Å²) in [4.78, 5) is 81.4. The van der Waals surface area contributed by atoms with E-state index >= 15 is 0 Å². The number of benzene rings is 2. The number of hydrogen-bond donors (Lipinski definition) is 4. The molecule has 4 amide bonds. The number of rotatable bonds is 22. The summed E-state index contributed by atoms with van der Waals surface area (Å²) < 4.78 is 6.90. The van der Waals surface area contributed by atoms with Crippen molar-refractivity contribution in [2.24, 2.45) is 17.8 Å². The lowest BCUT2D eigenvalue weighted by molar-refractivity contribution is -0.211. The predicted molar refractivity (Wildman–Crippen MR) is 216 cm³/mol. The van der Waals surface area contributed by atoms with Gasteiger partial charge in [-0.05, 0) is 52.1 Å². The van der Waals surface area contributed by atoms with Gasteiger partial charge in [0.15, 0.2) is 0 Å². The molecule has 0 unspecified atom stereocenters. The number of nitrogens with zero attached hydrogens (tertiary/aromatic N) is 7. The third-order valence-electron chi connectivity index (χ3n) is 9.18. The number of aromatic nitrogens is 6. The first-order valence-electron chi connectivity index (χ1n) is 19.9.